The van der Waals surface area contributed by atoms with Crippen molar-refractivity contribution in [3.05, 3.63) is 0 Å². The molecule has 88 valence electrons. The maximum Gasteiger partial charge on any atom is 0.0190 e. The molecule has 0 aromatic carbocycles. The number of hydrogen-bond donors (Lipinski definition) is 2. The van der Waals surface area contributed by atoms with Gasteiger partial charge >= 0.3 is 0 Å². The van der Waals surface area contributed by atoms with Gasteiger partial charge in [-0.2, -0.15) is 0 Å². The highest BCUT2D eigenvalue weighted by Gasteiger charge is 2.34. The first-order chi connectivity index (χ1) is 7.26. The summed E-state index contributed by atoms with van der Waals surface area (Å²) in [4.78, 5) is 0. The van der Waals surface area contributed by atoms with Crippen molar-refractivity contribution < 1.29 is 0 Å². The molecule has 2 N–H and O–H groups in total. The van der Waals surface area contributed by atoms with Gasteiger partial charge in [0.15, 0.2) is 0 Å². The zero-order valence-electron chi connectivity index (χ0n) is 10.3. The van der Waals surface area contributed by atoms with Crippen molar-refractivity contribution >= 4 is 0 Å². The van der Waals surface area contributed by atoms with Gasteiger partial charge in [0, 0.05) is 11.6 Å². The van der Waals surface area contributed by atoms with E-state index in [1.165, 1.54) is 51.5 Å². The Morgan fingerprint density at radius 3 is 2.40 bits per heavy atom. The van der Waals surface area contributed by atoms with Gasteiger partial charge in [-0.05, 0) is 45.2 Å². The molecule has 0 heterocycles. The Hall–Kier alpha value is -0.0800. The van der Waals surface area contributed by atoms with Crippen LogP contribution >= 0.6 is 0 Å². The Kier molecular flexibility index (Phi) is 3.68. The van der Waals surface area contributed by atoms with Crippen molar-refractivity contribution in [3.63, 3.8) is 0 Å². The second-order valence-corrected chi connectivity index (χ2v) is 5.61. The Balaban J connectivity index is 1.69. The fraction of sp³-hybridized carbons (Fsp3) is 1.00. The molecule has 0 bridgehead atoms. The molecule has 2 nitrogen and oxygen atoms in total. The predicted octanol–water partition coefficient (Wildman–Crippen LogP) is 2.30. The van der Waals surface area contributed by atoms with Crippen LogP contribution in [0.15, 0.2) is 0 Å². The number of nitrogens with one attached hydrogen (secondary N) is 2. The molecule has 2 atom stereocenters. The molecule has 0 aromatic rings. The van der Waals surface area contributed by atoms with E-state index < -0.39 is 0 Å². The number of hydrogen-bond acceptors (Lipinski definition) is 2. The average Bonchev–Trinajstić information content (AvgIpc) is 2.96. The highest BCUT2D eigenvalue weighted by atomic mass is 15.0. The van der Waals surface area contributed by atoms with E-state index in [-0.39, 0.29) is 0 Å². The molecule has 2 aliphatic carbocycles. The van der Waals surface area contributed by atoms with Crippen molar-refractivity contribution in [1.82, 2.24) is 10.6 Å². The first-order valence-corrected chi connectivity index (χ1v) is 6.68. The van der Waals surface area contributed by atoms with Crippen molar-refractivity contribution in [1.29, 1.82) is 0 Å². The average molecular weight is 210 g/mol. The lowest BCUT2D eigenvalue weighted by atomic mass is 9.79. The van der Waals surface area contributed by atoms with Gasteiger partial charge in [-0.1, -0.05) is 26.2 Å². The molecule has 15 heavy (non-hydrogen) atoms. The van der Waals surface area contributed by atoms with Crippen molar-refractivity contribution in [3.8, 4) is 0 Å². The summed E-state index contributed by atoms with van der Waals surface area (Å²) in [5.74, 6) is 0.932. The van der Waals surface area contributed by atoms with Crippen molar-refractivity contribution in [2.24, 2.45) is 5.92 Å². The van der Waals surface area contributed by atoms with Gasteiger partial charge < -0.3 is 10.6 Å². The van der Waals surface area contributed by atoms with E-state index in [4.69, 9.17) is 0 Å². The fourth-order valence-corrected chi connectivity index (χ4v) is 2.96. The normalized spacial score (nSPS) is 34.0. The monoisotopic (exact) mass is 210 g/mol. The standard InChI is InChI=1S/C13H26N2/c1-11-10-12(11)15-9-8-13(14-2)6-4-3-5-7-13/h11-12,14-15H,3-10H2,1-2H3. The van der Waals surface area contributed by atoms with Gasteiger partial charge in [0.05, 0.1) is 0 Å². The molecule has 0 saturated heterocycles. The molecule has 2 aliphatic rings. The maximum atomic E-state index is 3.67. The largest absolute Gasteiger partial charge is 0.314 e. The summed E-state index contributed by atoms with van der Waals surface area (Å²) in [7, 11) is 2.14. The molecule has 2 heteroatoms. The Labute approximate surface area is 94.2 Å². The summed E-state index contributed by atoms with van der Waals surface area (Å²) < 4.78 is 0. The third-order valence-electron chi connectivity index (χ3n) is 4.46. The van der Waals surface area contributed by atoms with Gasteiger partial charge in [-0.15, -0.1) is 0 Å². The summed E-state index contributed by atoms with van der Waals surface area (Å²) >= 11 is 0. The fourth-order valence-electron chi connectivity index (χ4n) is 2.96. The van der Waals surface area contributed by atoms with Crippen molar-refractivity contribution in [2.75, 3.05) is 13.6 Å². The van der Waals surface area contributed by atoms with E-state index in [1.807, 2.05) is 0 Å². The van der Waals surface area contributed by atoms with Crippen LogP contribution < -0.4 is 10.6 Å². The predicted molar refractivity (Wildman–Crippen MR) is 65.1 cm³/mol. The summed E-state index contributed by atoms with van der Waals surface area (Å²) in [6.45, 7) is 3.54. The minimum atomic E-state index is 0.462. The van der Waals surface area contributed by atoms with Crippen LogP contribution in [0.3, 0.4) is 0 Å². The van der Waals surface area contributed by atoms with Crippen LogP contribution in [0.25, 0.3) is 0 Å². The highest BCUT2D eigenvalue weighted by molar-refractivity contribution is 4.93. The minimum Gasteiger partial charge on any atom is -0.314 e. The zero-order valence-corrected chi connectivity index (χ0v) is 10.3. The zero-order chi connectivity index (χ0) is 10.7. The molecule has 2 unspecified atom stereocenters. The van der Waals surface area contributed by atoms with E-state index in [1.54, 1.807) is 0 Å². The van der Waals surface area contributed by atoms with Crippen molar-refractivity contribution in [2.45, 2.75) is 63.5 Å². The van der Waals surface area contributed by atoms with Gasteiger partial charge in [0.1, 0.15) is 0 Å². The second kappa shape index (κ2) is 4.84. The van der Waals surface area contributed by atoms with Gasteiger partial charge in [-0.25, -0.2) is 0 Å². The Morgan fingerprint density at radius 1 is 1.20 bits per heavy atom. The second-order valence-electron chi connectivity index (χ2n) is 5.61. The van der Waals surface area contributed by atoms with E-state index in [0.717, 1.165) is 12.0 Å². The van der Waals surface area contributed by atoms with Crippen LogP contribution in [-0.2, 0) is 0 Å². The van der Waals surface area contributed by atoms with Crippen LogP contribution in [-0.4, -0.2) is 25.2 Å². The molecule has 2 rings (SSSR count). The molecule has 0 aromatic heterocycles. The highest BCUT2D eigenvalue weighted by Crippen LogP contribution is 2.32. The summed E-state index contributed by atoms with van der Waals surface area (Å²) in [5, 5.41) is 7.26. The molecular formula is C13H26N2. The molecule has 0 amide bonds. The van der Waals surface area contributed by atoms with Crippen LogP contribution in [0, 0.1) is 5.92 Å². The smallest absolute Gasteiger partial charge is 0.0190 e. The Morgan fingerprint density at radius 2 is 1.87 bits per heavy atom. The molecular weight excluding hydrogens is 184 g/mol. The van der Waals surface area contributed by atoms with Crippen LogP contribution in [0.4, 0.5) is 0 Å². The van der Waals surface area contributed by atoms with Crippen LogP contribution in [0.1, 0.15) is 51.9 Å². The lowest BCUT2D eigenvalue weighted by Crippen LogP contribution is -2.46. The number of rotatable bonds is 5. The van der Waals surface area contributed by atoms with E-state index in [0.29, 0.717) is 5.54 Å². The summed E-state index contributed by atoms with van der Waals surface area (Å²) in [6.07, 6.45) is 9.74. The first kappa shape index (κ1) is 11.4. The maximum absolute atomic E-state index is 3.67. The third kappa shape index (κ3) is 2.94. The molecule has 0 radical (unpaired) electrons. The van der Waals surface area contributed by atoms with Gasteiger partial charge in [-0.3, -0.25) is 0 Å². The Bertz CT molecular complexity index is 197. The minimum absolute atomic E-state index is 0.462. The van der Waals surface area contributed by atoms with Gasteiger partial charge in [0.2, 0.25) is 0 Å². The quantitative estimate of drug-likeness (QED) is 0.727. The molecule has 2 saturated carbocycles. The van der Waals surface area contributed by atoms with E-state index in [2.05, 4.69) is 24.6 Å². The first-order valence-electron chi connectivity index (χ1n) is 6.68. The lowest BCUT2D eigenvalue weighted by molar-refractivity contribution is 0.228. The van der Waals surface area contributed by atoms with Crippen LogP contribution in [0.2, 0.25) is 0 Å². The topological polar surface area (TPSA) is 24.1 Å². The molecule has 2 fully saturated rings. The molecule has 0 aliphatic heterocycles. The van der Waals surface area contributed by atoms with E-state index in [9.17, 15) is 0 Å². The van der Waals surface area contributed by atoms with E-state index >= 15 is 0 Å². The van der Waals surface area contributed by atoms with Crippen LogP contribution in [0.5, 0.6) is 0 Å². The third-order valence-corrected chi connectivity index (χ3v) is 4.46. The summed E-state index contributed by atoms with van der Waals surface area (Å²) in [5.41, 5.74) is 0.462. The SMILES string of the molecule is CNC1(CCNC2CC2C)CCCCC1. The summed E-state index contributed by atoms with van der Waals surface area (Å²) in [6, 6.07) is 0.836. The lowest BCUT2D eigenvalue weighted by Gasteiger charge is -2.37. The molecule has 0 spiro atoms. The van der Waals surface area contributed by atoms with Gasteiger partial charge in [0.25, 0.3) is 0 Å².